The molecule has 18 heavy (non-hydrogen) atoms. The highest BCUT2D eigenvalue weighted by molar-refractivity contribution is 9.10. The quantitative estimate of drug-likeness (QED) is 0.764. The molecule has 0 radical (unpaired) electrons. The molecule has 0 spiro atoms. The van der Waals surface area contributed by atoms with Gasteiger partial charge in [0.15, 0.2) is 0 Å². The number of nitrogens with one attached hydrogen (secondary N) is 1. The van der Waals surface area contributed by atoms with E-state index in [1.807, 2.05) is 11.3 Å². The molecule has 0 fully saturated rings. The Hall–Kier alpha value is -0.640. The van der Waals surface area contributed by atoms with Crippen LogP contribution in [0.15, 0.2) is 34.8 Å². The third-order valence-corrected chi connectivity index (χ3v) is 4.59. The van der Waals surface area contributed by atoms with E-state index in [2.05, 4.69) is 65.4 Å². The van der Waals surface area contributed by atoms with Gasteiger partial charge in [0.1, 0.15) is 0 Å². The molecule has 0 saturated carbocycles. The minimum Gasteiger partial charge on any atom is -0.312 e. The van der Waals surface area contributed by atoms with Crippen molar-refractivity contribution in [2.24, 2.45) is 0 Å². The van der Waals surface area contributed by atoms with E-state index >= 15 is 0 Å². The van der Waals surface area contributed by atoms with E-state index < -0.39 is 0 Å². The van der Waals surface area contributed by atoms with Gasteiger partial charge >= 0.3 is 0 Å². The summed E-state index contributed by atoms with van der Waals surface area (Å²) in [6.07, 6.45) is 1.18. The predicted octanol–water partition coefficient (Wildman–Crippen LogP) is 4.99. The molecule has 3 heteroatoms. The van der Waals surface area contributed by atoms with E-state index in [0.29, 0.717) is 0 Å². The monoisotopic (exact) mass is 323 g/mol. The lowest BCUT2D eigenvalue weighted by Gasteiger charge is -2.03. The second-order valence-corrected chi connectivity index (χ2v) is 6.45. The zero-order valence-corrected chi connectivity index (χ0v) is 13.2. The normalized spacial score (nSPS) is 10.8. The Kier molecular flexibility index (Phi) is 4.98. The molecule has 0 aliphatic carbocycles. The molecular weight excluding hydrogens is 306 g/mol. The first-order chi connectivity index (χ1) is 8.70. The van der Waals surface area contributed by atoms with E-state index in [0.717, 1.165) is 13.1 Å². The zero-order chi connectivity index (χ0) is 13.0. The molecule has 1 heterocycles. The summed E-state index contributed by atoms with van der Waals surface area (Å²) in [7, 11) is 0. The molecule has 1 nitrogen and oxygen atoms in total. The van der Waals surface area contributed by atoms with Crippen molar-refractivity contribution in [1.82, 2.24) is 5.32 Å². The average Bonchev–Trinajstić information content (AvgIpc) is 2.81. The van der Waals surface area contributed by atoms with Crippen LogP contribution >= 0.6 is 27.3 Å². The molecule has 0 aliphatic rings. The molecule has 1 aromatic heterocycles. The van der Waals surface area contributed by atoms with Gasteiger partial charge in [0.05, 0.1) is 0 Å². The van der Waals surface area contributed by atoms with Crippen LogP contribution in [0, 0.1) is 6.92 Å². The van der Waals surface area contributed by atoms with Crippen LogP contribution in [0.5, 0.6) is 0 Å². The van der Waals surface area contributed by atoms with Crippen LogP contribution in [0.4, 0.5) is 0 Å². The van der Waals surface area contributed by atoms with Gasteiger partial charge in [-0.3, -0.25) is 0 Å². The molecule has 2 aromatic rings. The first-order valence-electron chi connectivity index (χ1n) is 6.26. The van der Waals surface area contributed by atoms with Gasteiger partial charge in [-0.15, -0.1) is 11.3 Å². The first-order valence-corrected chi connectivity index (χ1v) is 7.87. The maximum absolute atomic E-state index is 3.63. The Labute approximate surface area is 121 Å². The van der Waals surface area contributed by atoms with E-state index in [9.17, 15) is 0 Å². The van der Waals surface area contributed by atoms with Crippen LogP contribution in [-0.4, -0.2) is 6.54 Å². The largest absolute Gasteiger partial charge is 0.312 e. The lowest BCUT2D eigenvalue weighted by Crippen LogP contribution is -2.12. The number of thiophene rings is 1. The predicted molar refractivity (Wildman–Crippen MR) is 84.2 cm³/mol. The summed E-state index contributed by atoms with van der Waals surface area (Å²) >= 11 is 5.50. The lowest BCUT2D eigenvalue weighted by molar-refractivity contribution is 0.681. The number of halogens is 1. The van der Waals surface area contributed by atoms with E-state index in [1.54, 1.807) is 0 Å². The summed E-state index contributed by atoms with van der Waals surface area (Å²) in [5.74, 6) is 0. The molecule has 1 aromatic carbocycles. The Bertz CT molecular complexity index is 519. The van der Waals surface area contributed by atoms with Crippen LogP contribution in [0.2, 0.25) is 0 Å². The number of hydrogen-bond acceptors (Lipinski definition) is 2. The average molecular weight is 324 g/mol. The fourth-order valence-corrected chi connectivity index (χ4v) is 3.43. The van der Waals surface area contributed by atoms with Crippen LogP contribution in [0.3, 0.4) is 0 Å². The molecule has 0 aliphatic heterocycles. The molecule has 1 N–H and O–H groups in total. The van der Waals surface area contributed by atoms with Gasteiger partial charge < -0.3 is 5.32 Å². The molecule has 96 valence electrons. The van der Waals surface area contributed by atoms with Gasteiger partial charge in [0, 0.05) is 26.3 Å². The van der Waals surface area contributed by atoms with Crippen LogP contribution < -0.4 is 5.32 Å². The first kappa shape index (κ1) is 13.8. The van der Waals surface area contributed by atoms with Crippen molar-refractivity contribution >= 4 is 27.3 Å². The summed E-state index contributed by atoms with van der Waals surface area (Å²) in [5, 5.41) is 3.44. The van der Waals surface area contributed by atoms with E-state index in [4.69, 9.17) is 0 Å². The fourth-order valence-electron chi connectivity index (χ4n) is 1.83. The fraction of sp³-hybridized carbons (Fsp3) is 0.333. The topological polar surface area (TPSA) is 12.0 Å². The van der Waals surface area contributed by atoms with Crippen molar-refractivity contribution in [2.75, 3.05) is 6.54 Å². The Morgan fingerprint density at radius 3 is 2.83 bits per heavy atom. The Morgan fingerprint density at radius 1 is 1.22 bits per heavy atom. The summed E-state index contributed by atoms with van der Waals surface area (Å²) in [4.78, 5) is 2.73. The summed E-state index contributed by atoms with van der Waals surface area (Å²) in [6, 6.07) is 10.9. The molecule has 0 bridgehead atoms. The molecule has 0 unspecified atom stereocenters. The lowest BCUT2D eigenvalue weighted by atomic mass is 10.1. The Morgan fingerprint density at radius 2 is 2.06 bits per heavy atom. The molecule has 0 saturated heterocycles. The van der Waals surface area contributed by atoms with Crippen molar-refractivity contribution in [1.29, 1.82) is 0 Å². The molecule has 0 amide bonds. The summed E-state index contributed by atoms with van der Waals surface area (Å²) in [6.45, 7) is 6.38. The summed E-state index contributed by atoms with van der Waals surface area (Å²) < 4.78 is 1.17. The highest BCUT2D eigenvalue weighted by Gasteiger charge is 2.06. The van der Waals surface area contributed by atoms with Crippen LogP contribution in [0.1, 0.15) is 23.8 Å². The standard InChI is InChI=1S/C15H18BrNS/c1-3-8-17-10-12-5-7-15(18-12)13-9-11(2)4-6-14(13)16/h4-7,9,17H,3,8,10H2,1-2H3. The van der Waals surface area contributed by atoms with Gasteiger partial charge in [-0.2, -0.15) is 0 Å². The van der Waals surface area contributed by atoms with Gasteiger partial charge in [-0.1, -0.05) is 34.5 Å². The second kappa shape index (κ2) is 6.50. The third kappa shape index (κ3) is 3.44. The second-order valence-electron chi connectivity index (χ2n) is 4.43. The van der Waals surface area contributed by atoms with Crippen molar-refractivity contribution in [3.05, 3.63) is 45.2 Å². The number of benzene rings is 1. The maximum atomic E-state index is 3.63. The van der Waals surface area contributed by atoms with Gasteiger partial charge in [-0.25, -0.2) is 0 Å². The van der Waals surface area contributed by atoms with Crippen molar-refractivity contribution in [3.8, 4) is 10.4 Å². The van der Waals surface area contributed by atoms with Crippen molar-refractivity contribution < 1.29 is 0 Å². The minimum atomic E-state index is 0.974. The number of rotatable bonds is 5. The number of hydrogen-bond donors (Lipinski definition) is 1. The van der Waals surface area contributed by atoms with Gasteiger partial charge in [0.2, 0.25) is 0 Å². The molecular formula is C15H18BrNS. The molecule has 0 atom stereocenters. The van der Waals surface area contributed by atoms with Gasteiger partial charge in [-0.05, 0) is 44.2 Å². The highest BCUT2D eigenvalue weighted by atomic mass is 79.9. The zero-order valence-electron chi connectivity index (χ0n) is 10.8. The maximum Gasteiger partial charge on any atom is 0.0357 e. The van der Waals surface area contributed by atoms with Crippen molar-refractivity contribution in [2.45, 2.75) is 26.8 Å². The number of aryl methyl sites for hydroxylation is 1. The van der Waals surface area contributed by atoms with Gasteiger partial charge in [0.25, 0.3) is 0 Å². The van der Waals surface area contributed by atoms with Crippen molar-refractivity contribution in [3.63, 3.8) is 0 Å². The van der Waals surface area contributed by atoms with Crippen LogP contribution in [0.25, 0.3) is 10.4 Å². The highest BCUT2D eigenvalue weighted by Crippen LogP contribution is 2.34. The smallest absolute Gasteiger partial charge is 0.0357 e. The minimum absolute atomic E-state index is 0.974. The summed E-state index contributed by atoms with van der Waals surface area (Å²) in [5.41, 5.74) is 2.59. The molecule has 2 rings (SSSR count). The third-order valence-electron chi connectivity index (χ3n) is 2.77. The SMILES string of the molecule is CCCNCc1ccc(-c2cc(C)ccc2Br)s1. The van der Waals surface area contributed by atoms with Crippen LogP contribution in [-0.2, 0) is 6.54 Å². The Balaban J connectivity index is 2.16. The van der Waals surface area contributed by atoms with E-state index in [-0.39, 0.29) is 0 Å². The van der Waals surface area contributed by atoms with E-state index in [1.165, 1.54) is 31.8 Å².